The van der Waals surface area contributed by atoms with Crippen LogP contribution in [0.2, 0.25) is 0 Å². The van der Waals surface area contributed by atoms with Crippen LogP contribution >= 0.6 is 0 Å². The molecule has 0 aliphatic carbocycles. The minimum Gasteiger partial charge on any atom is -0.351 e. The van der Waals surface area contributed by atoms with Gasteiger partial charge in [-0.15, -0.1) is 0 Å². The Morgan fingerprint density at radius 1 is 1.10 bits per heavy atom. The Labute approximate surface area is 117 Å². The summed E-state index contributed by atoms with van der Waals surface area (Å²) in [5.41, 5.74) is 2.67. The highest BCUT2D eigenvalue weighted by atomic mass is 15.1. The Morgan fingerprint density at radius 3 is 2.45 bits per heavy atom. The zero-order valence-electron chi connectivity index (χ0n) is 10.8. The number of hydrogen-bond acceptors (Lipinski definition) is 4. The van der Waals surface area contributed by atoms with Crippen LogP contribution in [0.25, 0.3) is 5.57 Å². The summed E-state index contributed by atoms with van der Waals surface area (Å²) in [6.45, 7) is 0. The molecule has 1 aromatic rings. The van der Waals surface area contributed by atoms with Gasteiger partial charge in [0.1, 0.15) is 23.8 Å². The summed E-state index contributed by atoms with van der Waals surface area (Å²) in [5, 5.41) is 26.8. The predicted molar refractivity (Wildman–Crippen MR) is 75.8 cm³/mol. The molecule has 0 spiro atoms. The molecule has 20 heavy (non-hydrogen) atoms. The van der Waals surface area contributed by atoms with Crippen LogP contribution in [0, 0.1) is 34.0 Å². The van der Waals surface area contributed by atoms with Gasteiger partial charge in [0.05, 0.1) is 5.57 Å². The molecule has 0 unspecified atom stereocenters. The molecule has 0 radical (unpaired) electrons. The number of benzene rings is 1. The maximum Gasteiger partial charge on any atom is 0.147 e. The molecular weight excluding hydrogens is 248 g/mol. The van der Waals surface area contributed by atoms with Gasteiger partial charge in [0, 0.05) is 24.5 Å². The van der Waals surface area contributed by atoms with Gasteiger partial charge >= 0.3 is 0 Å². The van der Waals surface area contributed by atoms with Crippen LogP contribution in [-0.2, 0) is 0 Å². The first-order chi connectivity index (χ1) is 9.71. The molecule has 2 rings (SSSR count). The lowest BCUT2D eigenvalue weighted by Gasteiger charge is -2.23. The quantitative estimate of drug-likeness (QED) is 0.726. The second kappa shape index (κ2) is 5.57. The van der Waals surface area contributed by atoms with Crippen molar-refractivity contribution in [3.63, 3.8) is 0 Å². The maximum absolute atomic E-state index is 9.10. The molecule has 0 amide bonds. The van der Waals surface area contributed by atoms with Crippen molar-refractivity contribution in [1.82, 2.24) is 0 Å². The van der Waals surface area contributed by atoms with Crippen molar-refractivity contribution in [2.45, 2.75) is 0 Å². The minimum atomic E-state index is -0.176. The Hall–Kier alpha value is -3.29. The van der Waals surface area contributed by atoms with Crippen molar-refractivity contribution in [3.8, 4) is 18.2 Å². The van der Waals surface area contributed by atoms with Crippen LogP contribution in [0.5, 0.6) is 0 Å². The van der Waals surface area contributed by atoms with E-state index in [0.29, 0.717) is 0 Å². The van der Waals surface area contributed by atoms with Gasteiger partial charge in [0.25, 0.3) is 0 Å². The lowest BCUT2D eigenvalue weighted by atomic mass is 9.97. The van der Waals surface area contributed by atoms with Crippen LogP contribution in [0.3, 0.4) is 0 Å². The SMILES string of the molecule is CN1C=CC(=CC(C#N)=C(C#N)C#N)c2ccccc21. The second-order valence-electron chi connectivity index (χ2n) is 4.17. The molecule has 0 aromatic heterocycles. The third kappa shape index (κ3) is 2.29. The second-order valence-corrected chi connectivity index (χ2v) is 4.17. The highest BCUT2D eigenvalue weighted by Crippen LogP contribution is 2.32. The van der Waals surface area contributed by atoms with Crippen molar-refractivity contribution >= 4 is 11.3 Å². The van der Waals surface area contributed by atoms with Crippen molar-refractivity contribution in [3.05, 3.63) is 59.3 Å². The lowest BCUT2D eigenvalue weighted by Crippen LogP contribution is -2.13. The van der Waals surface area contributed by atoms with Gasteiger partial charge in [-0.05, 0) is 23.8 Å². The Kier molecular flexibility index (Phi) is 3.66. The molecule has 0 N–H and O–H groups in total. The average Bonchev–Trinajstić information content (AvgIpc) is 2.50. The monoisotopic (exact) mass is 258 g/mol. The summed E-state index contributed by atoms with van der Waals surface area (Å²) in [6.07, 6.45) is 5.30. The van der Waals surface area contributed by atoms with Gasteiger partial charge in [-0.25, -0.2) is 0 Å². The van der Waals surface area contributed by atoms with Gasteiger partial charge in [-0.2, -0.15) is 15.8 Å². The first-order valence-corrected chi connectivity index (χ1v) is 5.88. The van der Waals surface area contributed by atoms with Gasteiger partial charge in [0.2, 0.25) is 0 Å². The molecule has 94 valence electrons. The highest BCUT2D eigenvalue weighted by molar-refractivity contribution is 5.87. The summed E-state index contributed by atoms with van der Waals surface area (Å²) in [4.78, 5) is 1.97. The third-order valence-corrected chi connectivity index (χ3v) is 2.99. The largest absolute Gasteiger partial charge is 0.351 e. The smallest absolute Gasteiger partial charge is 0.147 e. The van der Waals surface area contributed by atoms with E-state index < -0.39 is 0 Å². The van der Waals surface area contributed by atoms with E-state index in [1.165, 1.54) is 0 Å². The fraction of sp³-hybridized carbons (Fsp3) is 0.0625. The summed E-state index contributed by atoms with van der Waals surface area (Å²) >= 11 is 0. The van der Waals surface area contributed by atoms with E-state index in [1.54, 1.807) is 18.2 Å². The number of hydrogen-bond donors (Lipinski definition) is 0. The Morgan fingerprint density at radius 2 is 1.80 bits per heavy atom. The van der Waals surface area contributed by atoms with Crippen LogP contribution in [0.4, 0.5) is 5.69 Å². The van der Waals surface area contributed by atoms with E-state index in [2.05, 4.69) is 0 Å². The van der Waals surface area contributed by atoms with Gasteiger partial charge in [0.15, 0.2) is 0 Å². The summed E-state index contributed by atoms with van der Waals surface area (Å²) in [6, 6.07) is 13.1. The first-order valence-electron chi connectivity index (χ1n) is 5.88. The van der Waals surface area contributed by atoms with Gasteiger partial charge in [-0.1, -0.05) is 18.2 Å². The standard InChI is InChI=1S/C16H10N4/c1-20-7-6-12(15-4-2-3-5-16(15)20)8-13(9-17)14(10-18)11-19/h2-8H,1H3. The molecule has 0 saturated carbocycles. The first kappa shape index (κ1) is 13.1. The predicted octanol–water partition coefficient (Wildman–Crippen LogP) is 2.90. The molecule has 1 heterocycles. The molecule has 0 saturated heterocycles. The number of allylic oxidation sites excluding steroid dienone is 5. The fourth-order valence-electron chi connectivity index (χ4n) is 1.97. The zero-order chi connectivity index (χ0) is 14.5. The molecule has 0 fully saturated rings. The van der Waals surface area contributed by atoms with Gasteiger partial charge in [-0.3, -0.25) is 0 Å². The summed E-state index contributed by atoms with van der Waals surface area (Å²) < 4.78 is 0. The lowest BCUT2D eigenvalue weighted by molar-refractivity contribution is 1.18. The number of rotatable bonds is 1. The zero-order valence-corrected chi connectivity index (χ0v) is 10.8. The van der Waals surface area contributed by atoms with E-state index in [-0.39, 0.29) is 11.1 Å². The normalized spacial score (nSPS) is 13.9. The number of para-hydroxylation sites is 1. The summed E-state index contributed by atoms with van der Waals surface area (Å²) in [5.74, 6) is 0. The van der Waals surface area contributed by atoms with Crippen molar-refractivity contribution in [1.29, 1.82) is 15.8 Å². The molecule has 1 aliphatic heterocycles. The molecular formula is C16H10N4. The van der Waals surface area contributed by atoms with Crippen LogP contribution < -0.4 is 4.90 Å². The summed E-state index contributed by atoms with van der Waals surface area (Å²) in [7, 11) is 1.93. The molecule has 4 nitrogen and oxygen atoms in total. The van der Waals surface area contributed by atoms with E-state index >= 15 is 0 Å². The maximum atomic E-state index is 9.10. The van der Waals surface area contributed by atoms with E-state index in [1.807, 2.05) is 54.6 Å². The molecule has 0 atom stereocenters. The molecule has 4 heteroatoms. The van der Waals surface area contributed by atoms with Crippen molar-refractivity contribution in [2.24, 2.45) is 0 Å². The van der Waals surface area contributed by atoms with E-state index in [9.17, 15) is 0 Å². The number of fused-ring (bicyclic) bond motifs is 1. The molecule has 1 aromatic carbocycles. The van der Waals surface area contributed by atoms with E-state index in [4.69, 9.17) is 15.8 Å². The number of nitriles is 3. The van der Waals surface area contributed by atoms with Crippen LogP contribution in [-0.4, -0.2) is 7.05 Å². The fourth-order valence-corrected chi connectivity index (χ4v) is 1.97. The van der Waals surface area contributed by atoms with Crippen molar-refractivity contribution < 1.29 is 0 Å². The Bertz CT molecular complexity index is 745. The average molecular weight is 258 g/mol. The minimum absolute atomic E-state index is 0.0778. The van der Waals surface area contributed by atoms with Crippen LogP contribution in [0.1, 0.15) is 5.56 Å². The number of anilines is 1. The molecule has 0 bridgehead atoms. The highest BCUT2D eigenvalue weighted by Gasteiger charge is 2.14. The Balaban J connectivity index is 2.61. The number of nitrogens with zero attached hydrogens (tertiary/aromatic N) is 4. The van der Waals surface area contributed by atoms with Crippen LogP contribution in [0.15, 0.2) is 53.8 Å². The molecule has 1 aliphatic rings. The van der Waals surface area contributed by atoms with E-state index in [0.717, 1.165) is 16.8 Å². The third-order valence-electron chi connectivity index (χ3n) is 2.99. The van der Waals surface area contributed by atoms with Crippen molar-refractivity contribution in [2.75, 3.05) is 11.9 Å². The topological polar surface area (TPSA) is 74.6 Å². The van der Waals surface area contributed by atoms with Gasteiger partial charge < -0.3 is 4.90 Å².